The van der Waals surface area contributed by atoms with E-state index >= 15 is 0 Å². The summed E-state index contributed by atoms with van der Waals surface area (Å²) < 4.78 is 2.34. The predicted octanol–water partition coefficient (Wildman–Crippen LogP) is 3.54. The van der Waals surface area contributed by atoms with Gasteiger partial charge in [0.25, 0.3) is 0 Å². The van der Waals surface area contributed by atoms with Gasteiger partial charge in [-0.05, 0) is 39.8 Å². The number of hydrogen-bond donors (Lipinski definition) is 0. The standard InChI is InChI=1S/C25H35N6/c1-6-28-10-12-30(8-3)24-16-20-18(14-22(24)28)26-19-15-23-25(17-21(19)27(20)5)31(9-4)13-11-29(23)7-2/h14-17H,6-13H2,1-5H3/q+1. The van der Waals surface area contributed by atoms with Crippen molar-refractivity contribution < 1.29 is 4.57 Å². The average Bonchev–Trinajstić information content (AvgIpc) is 2.80. The summed E-state index contributed by atoms with van der Waals surface area (Å²) in [5.74, 6) is 0. The largest absolute Gasteiger partial charge is 0.368 e. The van der Waals surface area contributed by atoms with E-state index in [0.29, 0.717) is 0 Å². The van der Waals surface area contributed by atoms with Gasteiger partial charge in [-0.25, -0.2) is 4.98 Å². The molecule has 6 heteroatoms. The van der Waals surface area contributed by atoms with Crippen LogP contribution in [0.5, 0.6) is 0 Å². The first-order valence-corrected chi connectivity index (χ1v) is 11.9. The molecule has 0 bridgehead atoms. The van der Waals surface area contributed by atoms with E-state index in [2.05, 4.69) is 83.2 Å². The molecule has 0 aliphatic carbocycles. The quantitative estimate of drug-likeness (QED) is 0.477. The van der Waals surface area contributed by atoms with Crippen LogP contribution in [-0.2, 0) is 7.05 Å². The Labute approximate surface area is 185 Å². The van der Waals surface area contributed by atoms with E-state index in [9.17, 15) is 0 Å². The predicted molar refractivity (Wildman–Crippen MR) is 132 cm³/mol. The van der Waals surface area contributed by atoms with Gasteiger partial charge in [-0.15, -0.1) is 0 Å². The number of aromatic nitrogens is 2. The lowest BCUT2D eigenvalue weighted by Gasteiger charge is -2.38. The summed E-state index contributed by atoms with van der Waals surface area (Å²) in [4.78, 5) is 15.1. The van der Waals surface area contributed by atoms with Crippen molar-refractivity contribution in [3.8, 4) is 0 Å². The van der Waals surface area contributed by atoms with Crippen LogP contribution in [0, 0.1) is 0 Å². The molecular formula is C25H35N6+. The molecule has 1 aromatic heterocycles. The van der Waals surface area contributed by atoms with Crippen molar-refractivity contribution in [3.63, 3.8) is 0 Å². The average molecular weight is 420 g/mol. The van der Waals surface area contributed by atoms with Crippen molar-refractivity contribution in [2.75, 3.05) is 72.0 Å². The first-order chi connectivity index (χ1) is 15.1. The van der Waals surface area contributed by atoms with Crippen molar-refractivity contribution >= 4 is 44.8 Å². The lowest BCUT2D eigenvalue weighted by molar-refractivity contribution is -0.617. The molecule has 31 heavy (non-hydrogen) atoms. The fourth-order valence-corrected chi connectivity index (χ4v) is 5.38. The van der Waals surface area contributed by atoms with Gasteiger partial charge in [0.05, 0.1) is 22.7 Å². The summed E-state index contributed by atoms with van der Waals surface area (Å²) in [5.41, 5.74) is 9.88. The number of hydrogen-bond acceptors (Lipinski definition) is 5. The van der Waals surface area contributed by atoms with E-state index in [-0.39, 0.29) is 0 Å². The van der Waals surface area contributed by atoms with Gasteiger partial charge in [0.1, 0.15) is 18.1 Å². The second-order valence-corrected chi connectivity index (χ2v) is 8.65. The molecule has 3 aromatic rings. The van der Waals surface area contributed by atoms with Crippen molar-refractivity contribution in [3.05, 3.63) is 24.3 Å². The van der Waals surface area contributed by atoms with Crippen LogP contribution in [0.15, 0.2) is 24.3 Å². The fraction of sp³-hybridized carbons (Fsp3) is 0.520. The molecule has 0 saturated carbocycles. The minimum absolute atomic E-state index is 1.03. The fourth-order valence-electron chi connectivity index (χ4n) is 5.38. The van der Waals surface area contributed by atoms with Crippen molar-refractivity contribution in [1.82, 2.24) is 4.98 Å². The molecule has 0 fully saturated rings. The van der Waals surface area contributed by atoms with E-state index < -0.39 is 0 Å². The molecule has 0 unspecified atom stereocenters. The van der Waals surface area contributed by atoms with Gasteiger partial charge in [-0.2, -0.15) is 4.57 Å². The maximum atomic E-state index is 5.18. The van der Waals surface area contributed by atoms with Crippen molar-refractivity contribution in [2.24, 2.45) is 7.05 Å². The molecule has 5 rings (SSSR count). The number of anilines is 4. The molecule has 2 aliphatic heterocycles. The van der Waals surface area contributed by atoms with Gasteiger partial charge in [-0.1, -0.05) is 0 Å². The lowest BCUT2D eigenvalue weighted by atomic mass is 10.1. The van der Waals surface area contributed by atoms with Crippen LogP contribution < -0.4 is 24.2 Å². The molecule has 2 aliphatic rings. The van der Waals surface area contributed by atoms with E-state index in [1.165, 1.54) is 33.8 Å². The highest BCUT2D eigenvalue weighted by atomic mass is 15.3. The van der Waals surface area contributed by atoms with E-state index in [1.807, 2.05) is 0 Å². The highest BCUT2D eigenvalue weighted by molar-refractivity contribution is 5.94. The molecule has 3 heterocycles. The summed E-state index contributed by atoms with van der Waals surface area (Å²) in [5, 5.41) is 0. The summed E-state index contributed by atoms with van der Waals surface area (Å²) in [6.07, 6.45) is 0. The van der Waals surface area contributed by atoms with E-state index in [4.69, 9.17) is 4.98 Å². The monoisotopic (exact) mass is 419 g/mol. The smallest absolute Gasteiger partial charge is 0.233 e. The summed E-state index contributed by atoms with van der Waals surface area (Å²) >= 11 is 0. The van der Waals surface area contributed by atoms with Crippen LogP contribution in [-0.4, -0.2) is 57.3 Å². The molecule has 6 nitrogen and oxygen atoms in total. The van der Waals surface area contributed by atoms with Crippen molar-refractivity contribution in [2.45, 2.75) is 27.7 Å². The Balaban J connectivity index is 1.77. The van der Waals surface area contributed by atoms with Crippen LogP contribution in [0.25, 0.3) is 22.1 Å². The van der Waals surface area contributed by atoms with Gasteiger partial charge in [0.2, 0.25) is 11.0 Å². The van der Waals surface area contributed by atoms with Crippen LogP contribution in [0.2, 0.25) is 0 Å². The zero-order valence-electron chi connectivity index (χ0n) is 19.6. The normalized spacial score (nSPS) is 16.3. The number of benzene rings is 2. The van der Waals surface area contributed by atoms with Crippen LogP contribution in [0.1, 0.15) is 27.7 Å². The number of nitrogens with zero attached hydrogens (tertiary/aromatic N) is 6. The van der Waals surface area contributed by atoms with Gasteiger partial charge in [0, 0.05) is 64.5 Å². The third-order valence-corrected chi connectivity index (χ3v) is 7.28. The Morgan fingerprint density at radius 1 is 0.613 bits per heavy atom. The van der Waals surface area contributed by atoms with Gasteiger partial charge in [-0.3, -0.25) is 0 Å². The second kappa shape index (κ2) is 7.74. The zero-order chi connectivity index (χ0) is 21.7. The summed E-state index contributed by atoms with van der Waals surface area (Å²) in [6, 6.07) is 9.34. The number of likely N-dealkylation sites (N-methyl/N-ethyl adjacent to an activating group) is 4. The first kappa shape index (κ1) is 20.2. The molecule has 0 spiro atoms. The topological polar surface area (TPSA) is 29.7 Å². The molecule has 0 N–H and O–H groups in total. The maximum Gasteiger partial charge on any atom is 0.233 e. The zero-order valence-corrected chi connectivity index (χ0v) is 19.6. The number of rotatable bonds is 4. The molecule has 0 amide bonds. The third-order valence-electron chi connectivity index (χ3n) is 7.28. The maximum absolute atomic E-state index is 5.18. The van der Waals surface area contributed by atoms with Crippen LogP contribution in [0.4, 0.5) is 22.7 Å². The Morgan fingerprint density at radius 2 is 0.935 bits per heavy atom. The third kappa shape index (κ3) is 3.07. The highest BCUT2D eigenvalue weighted by Gasteiger charge is 2.27. The van der Waals surface area contributed by atoms with Crippen LogP contribution >= 0.6 is 0 Å². The molecule has 164 valence electrons. The Bertz CT molecular complexity index is 1050. The molecule has 0 radical (unpaired) electrons. The molecule has 0 saturated heterocycles. The highest BCUT2D eigenvalue weighted by Crippen LogP contribution is 2.38. The second-order valence-electron chi connectivity index (χ2n) is 8.65. The number of fused-ring (bicyclic) bond motifs is 4. The molecule has 2 aromatic carbocycles. The van der Waals surface area contributed by atoms with Gasteiger partial charge < -0.3 is 19.6 Å². The molecular weight excluding hydrogens is 384 g/mol. The Kier molecular flexibility index (Phi) is 5.03. The van der Waals surface area contributed by atoms with Crippen LogP contribution in [0.3, 0.4) is 0 Å². The Hall–Kier alpha value is -2.76. The van der Waals surface area contributed by atoms with Gasteiger partial charge in [0.15, 0.2) is 0 Å². The first-order valence-electron chi connectivity index (χ1n) is 11.9. The summed E-state index contributed by atoms with van der Waals surface area (Å²) in [7, 11) is 2.19. The lowest BCUT2D eigenvalue weighted by Crippen LogP contribution is -2.42. The van der Waals surface area contributed by atoms with Crippen molar-refractivity contribution in [1.29, 1.82) is 0 Å². The van der Waals surface area contributed by atoms with E-state index in [0.717, 1.165) is 63.4 Å². The Morgan fingerprint density at radius 3 is 1.26 bits per heavy atom. The minimum Gasteiger partial charge on any atom is -0.368 e. The minimum atomic E-state index is 1.03. The van der Waals surface area contributed by atoms with E-state index in [1.54, 1.807) is 0 Å². The van der Waals surface area contributed by atoms with Gasteiger partial charge >= 0.3 is 0 Å². The SMILES string of the molecule is CCN1CCN(CC)c2cc3c(cc21)nc1cc2c(cc1[n+]3C)N(CC)CCN2CC. The molecule has 0 atom stereocenters. The number of aryl methyl sites for hydroxylation is 1. The summed E-state index contributed by atoms with van der Waals surface area (Å²) in [6.45, 7) is 17.4.